The molecule has 11 rings (SSSR count). The zero-order chi connectivity index (χ0) is 34.2. The Hall–Kier alpha value is -7.05. The van der Waals surface area contributed by atoms with Gasteiger partial charge in [0.1, 0.15) is 34.3 Å². The minimum atomic E-state index is -0.437. The first-order chi connectivity index (χ1) is 25.7. The lowest BCUT2D eigenvalue weighted by Crippen LogP contribution is -2.33. The number of aromatic nitrogens is 1. The van der Waals surface area contributed by atoms with E-state index in [4.69, 9.17) is 18.8 Å². The highest BCUT2D eigenvalue weighted by atomic mass is 16.3. The normalized spacial score (nSPS) is 14.7. The second kappa shape index (κ2) is 11.2. The molecule has 7 aromatic carbocycles. The van der Waals surface area contributed by atoms with Crippen LogP contribution in [0.4, 0.5) is 0 Å². The maximum atomic E-state index is 6.85. The van der Waals surface area contributed by atoms with Crippen molar-refractivity contribution in [1.29, 1.82) is 0 Å². The summed E-state index contributed by atoms with van der Waals surface area (Å²) >= 11 is 0. The lowest BCUT2D eigenvalue weighted by Gasteiger charge is -2.24. The molecule has 0 aliphatic carbocycles. The van der Waals surface area contributed by atoms with Gasteiger partial charge in [-0.25, -0.2) is 9.98 Å². The molecule has 10 aromatic rings. The number of hydrogen-bond acceptors (Lipinski definition) is 6. The maximum Gasteiger partial charge on any atom is 0.159 e. The first-order valence-corrected chi connectivity index (χ1v) is 17.4. The van der Waals surface area contributed by atoms with Crippen LogP contribution >= 0.6 is 0 Å². The number of fused-ring (bicyclic) bond motifs is 8. The van der Waals surface area contributed by atoms with Gasteiger partial charge < -0.3 is 14.2 Å². The van der Waals surface area contributed by atoms with E-state index >= 15 is 0 Å². The van der Waals surface area contributed by atoms with Gasteiger partial charge in [0.05, 0.1) is 0 Å². The van der Waals surface area contributed by atoms with E-state index < -0.39 is 6.17 Å². The molecule has 0 amide bonds. The van der Waals surface area contributed by atoms with Crippen LogP contribution in [0.5, 0.6) is 0 Å². The molecular weight excluding hydrogens is 641 g/mol. The molecule has 0 saturated carbocycles. The minimum absolute atomic E-state index is 0.437. The van der Waals surface area contributed by atoms with Crippen LogP contribution in [0.15, 0.2) is 177 Å². The maximum absolute atomic E-state index is 6.85. The quantitative estimate of drug-likeness (QED) is 0.202. The van der Waals surface area contributed by atoms with Crippen LogP contribution in [-0.4, -0.2) is 16.7 Å². The fourth-order valence-corrected chi connectivity index (χ4v) is 7.74. The first kappa shape index (κ1) is 28.8. The molecule has 1 atom stereocenters. The largest absolute Gasteiger partial charge is 0.456 e. The third kappa shape index (κ3) is 4.48. The van der Waals surface area contributed by atoms with E-state index in [0.29, 0.717) is 5.84 Å². The lowest BCUT2D eigenvalue weighted by atomic mass is 9.95. The monoisotopic (exact) mass is 668 g/mol. The van der Waals surface area contributed by atoms with Crippen molar-refractivity contribution in [1.82, 2.24) is 10.3 Å². The molecule has 0 radical (unpaired) electrons. The van der Waals surface area contributed by atoms with Gasteiger partial charge >= 0.3 is 0 Å². The van der Waals surface area contributed by atoms with Gasteiger partial charge in [0.2, 0.25) is 0 Å². The Morgan fingerprint density at radius 2 is 1.33 bits per heavy atom. The van der Waals surface area contributed by atoms with E-state index in [9.17, 15) is 0 Å². The van der Waals surface area contributed by atoms with Gasteiger partial charge in [-0.1, -0.05) is 97.1 Å². The minimum Gasteiger partial charge on any atom is -0.456 e. The van der Waals surface area contributed by atoms with E-state index in [1.54, 1.807) is 0 Å². The molecule has 0 bridgehead atoms. The summed E-state index contributed by atoms with van der Waals surface area (Å²) < 4.78 is 13.2. The van der Waals surface area contributed by atoms with Crippen LogP contribution in [0.1, 0.15) is 22.9 Å². The van der Waals surface area contributed by atoms with E-state index in [1.807, 2.05) is 67.0 Å². The van der Waals surface area contributed by atoms with Crippen molar-refractivity contribution in [2.45, 2.75) is 6.17 Å². The summed E-state index contributed by atoms with van der Waals surface area (Å²) in [7, 11) is 0. The number of nitrogens with one attached hydrogen (secondary N) is 1. The summed E-state index contributed by atoms with van der Waals surface area (Å²) in [5.41, 5.74) is 8.26. The molecule has 0 spiro atoms. The molecule has 1 aliphatic rings. The molecule has 1 N–H and O–H groups in total. The number of aliphatic imine (C=N–C) groups is 2. The Bertz CT molecular complexity index is 3120. The van der Waals surface area contributed by atoms with Crippen molar-refractivity contribution in [3.05, 3.63) is 175 Å². The Morgan fingerprint density at radius 3 is 2.27 bits per heavy atom. The topological polar surface area (TPSA) is 75.9 Å². The fourth-order valence-electron chi connectivity index (χ4n) is 7.74. The van der Waals surface area contributed by atoms with Crippen molar-refractivity contribution < 1.29 is 8.83 Å². The summed E-state index contributed by atoms with van der Waals surface area (Å²) in [6, 6.07) is 50.2. The van der Waals surface area contributed by atoms with E-state index in [2.05, 4.69) is 101 Å². The van der Waals surface area contributed by atoms with Crippen LogP contribution in [0.25, 0.3) is 76.5 Å². The molecule has 1 unspecified atom stereocenters. The van der Waals surface area contributed by atoms with Crippen LogP contribution in [0.3, 0.4) is 0 Å². The molecule has 3 aromatic heterocycles. The molecule has 4 heterocycles. The second-order valence-electron chi connectivity index (χ2n) is 13.2. The molecule has 6 nitrogen and oxygen atoms in total. The summed E-state index contributed by atoms with van der Waals surface area (Å²) in [5.74, 6) is 1.37. The number of para-hydroxylation sites is 1. The number of nitrogens with zero attached hydrogens (tertiary/aromatic N) is 3. The standard InChI is InChI=1S/C46H28N4O2/c1-2-10-28(11-3-1)44-48-45(35-14-8-16-39-41(35)34-13-6-7-15-38(34)51-39)50-46(49-44)36-20-19-33(31-18-17-27-9-4-5-12-29(27)23-31)43-42(36)37-24-30-21-22-47-26-32(30)25-40(37)52-43/h1-26,45H,(H,48,49,50). The molecule has 0 fully saturated rings. The predicted octanol–water partition coefficient (Wildman–Crippen LogP) is 11.3. The van der Waals surface area contributed by atoms with Gasteiger partial charge in [0, 0.05) is 61.6 Å². The van der Waals surface area contributed by atoms with Crippen LogP contribution < -0.4 is 5.32 Å². The smallest absolute Gasteiger partial charge is 0.159 e. The highest BCUT2D eigenvalue weighted by Gasteiger charge is 2.27. The number of furan rings is 2. The summed E-state index contributed by atoms with van der Waals surface area (Å²) in [6.45, 7) is 0. The zero-order valence-electron chi connectivity index (χ0n) is 27.7. The van der Waals surface area contributed by atoms with Gasteiger partial charge in [-0.15, -0.1) is 0 Å². The summed E-state index contributed by atoms with van der Waals surface area (Å²) in [5, 5.41) is 12.4. The Morgan fingerprint density at radius 1 is 0.519 bits per heavy atom. The average Bonchev–Trinajstić information content (AvgIpc) is 3.78. The van der Waals surface area contributed by atoms with Gasteiger partial charge in [0.25, 0.3) is 0 Å². The van der Waals surface area contributed by atoms with Crippen molar-refractivity contribution in [2.24, 2.45) is 9.98 Å². The van der Waals surface area contributed by atoms with E-state index in [-0.39, 0.29) is 0 Å². The Kier molecular flexibility index (Phi) is 6.21. The van der Waals surface area contributed by atoms with Crippen molar-refractivity contribution in [3.63, 3.8) is 0 Å². The van der Waals surface area contributed by atoms with Crippen LogP contribution in [0.2, 0.25) is 0 Å². The van der Waals surface area contributed by atoms with Gasteiger partial charge in [-0.05, 0) is 70.3 Å². The third-order valence-corrected chi connectivity index (χ3v) is 10.2. The SMILES string of the molecule is c1ccc(C2=NC(c3cccc4oc5ccccc5c34)NC(c3ccc(-c4ccc5ccccc5c4)c4oc5cc6cnccc6cc5c34)=N2)cc1. The van der Waals surface area contributed by atoms with Crippen LogP contribution in [-0.2, 0) is 0 Å². The van der Waals surface area contributed by atoms with Gasteiger partial charge in [0.15, 0.2) is 5.84 Å². The zero-order valence-corrected chi connectivity index (χ0v) is 27.7. The average molecular weight is 669 g/mol. The van der Waals surface area contributed by atoms with Crippen molar-refractivity contribution in [2.75, 3.05) is 0 Å². The summed E-state index contributed by atoms with van der Waals surface area (Å²) in [4.78, 5) is 14.9. The summed E-state index contributed by atoms with van der Waals surface area (Å²) in [6.07, 6.45) is 3.28. The van der Waals surface area contributed by atoms with Gasteiger partial charge in [-0.3, -0.25) is 4.98 Å². The first-order valence-electron chi connectivity index (χ1n) is 17.4. The number of amidine groups is 2. The number of rotatable bonds is 4. The number of benzene rings is 7. The number of pyridine rings is 1. The van der Waals surface area contributed by atoms with E-state index in [0.717, 1.165) is 88.3 Å². The number of hydrogen-bond donors (Lipinski definition) is 1. The molecule has 1 aliphatic heterocycles. The highest BCUT2D eigenvalue weighted by molar-refractivity contribution is 6.25. The van der Waals surface area contributed by atoms with Crippen molar-refractivity contribution >= 4 is 77.1 Å². The molecular formula is C46H28N4O2. The lowest BCUT2D eigenvalue weighted by molar-refractivity contribution is 0.662. The van der Waals surface area contributed by atoms with E-state index in [1.165, 1.54) is 10.8 Å². The van der Waals surface area contributed by atoms with Crippen molar-refractivity contribution in [3.8, 4) is 11.1 Å². The Balaban J connectivity index is 1.17. The third-order valence-electron chi connectivity index (χ3n) is 10.2. The molecule has 0 saturated heterocycles. The fraction of sp³-hybridized carbons (Fsp3) is 0.0217. The second-order valence-corrected chi connectivity index (χ2v) is 13.2. The van der Waals surface area contributed by atoms with Gasteiger partial charge in [-0.2, -0.15) is 0 Å². The molecule has 244 valence electrons. The molecule has 52 heavy (non-hydrogen) atoms. The Labute approximate surface area is 297 Å². The predicted molar refractivity (Wildman–Crippen MR) is 211 cm³/mol. The molecule has 6 heteroatoms. The highest BCUT2D eigenvalue weighted by Crippen LogP contribution is 2.41. The van der Waals surface area contributed by atoms with Crippen LogP contribution in [0, 0.1) is 0 Å².